The zero-order chi connectivity index (χ0) is 19.5. The van der Waals surface area contributed by atoms with Crippen LogP contribution in [-0.2, 0) is 0 Å². The van der Waals surface area contributed by atoms with E-state index in [2.05, 4.69) is 32.4 Å². The summed E-state index contributed by atoms with van der Waals surface area (Å²) in [6.07, 6.45) is 0. The van der Waals surface area contributed by atoms with Gasteiger partial charge in [-0.2, -0.15) is 0 Å². The molecule has 1 saturated heterocycles. The van der Waals surface area contributed by atoms with Crippen molar-refractivity contribution in [3.8, 4) is 11.5 Å². The predicted octanol–water partition coefficient (Wildman–Crippen LogP) is 2.88. The van der Waals surface area contributed by atoms with Crippen molar-refractivity contribution < 1.29 is 13.6 Å². The standard InChI is InChI=1S/C20H20FN5O2/c1-25-10-12-26(13-11-25)17-8-6-16(7-9-17)22-18(27)20-24-23-19(28-20)14-2-4-15(21)5-3-14/h2-9H,10-13H2,1H3,(H,22,27). The lowest BCUT2D eigenvalue weighted by Gasteiger charge is -2.34. The number of carbonyl (C=O) groups excluding carboxylic acids is 1. The quantitative estimate of drug-likeness (QED) is 0.749. The topological polar surface area (TPSA) is 74.5 Å². The second kappa shape index (κ2) is 7.77. The zero-order valence-corrected chi connectivity index (χ0v) is 15.4. The molecule has 8 heteroatoms. The first-order chi connectivity index (χ1) is 13.6. The van der Waals surface area contributed by atoms with Crippen LogP contribution in [0.5, 0.6) is 0 Å². The minimum Gasteiger partial charge on any atom is -0.412 e. The highest BCUT2D eigenvalue weighted by molar-refractivity contribution is 6.01. The Labute approximate surface area is 161 Å². The van der Waals surface area contributed by atoms with Crippen LogP contribution in [0.3, 0.4) is 0 Å². The summed E-state index contributed by atoms with van der Waals surface area (Å²) in [6, 6.07) is 13.3. The molecule has 0 atom stereocenters. The fourth-order valence-corrected chi connectivity index (χ4v) is 3.03. The monoisotopic (exact) mass is 381 g/mol. The molecule has 1 N–H and O–H groups in total. The lowest BCUT2D eigenvalue weighted by molar-refractivity contribution is 0.0991. The molecule has 28 heavy (non-hydrogen) atoms. The molecule has 0 radical (unpaired) electrons. The lowest BCUT2D eigenvalue weighted by Crippen LogP contribution is -2.44. The number of nitrogens with zero attached hydrogens (tertiary/aromatic N) is 4. The summed E-state index contributed by atoms with van der Waals surface area (Å²) in [5, 5.41) is 10.4. The van der Waals surface area contributed by atoms with Crippen molar-refractivity contribution in [1.29, 1.82) is 0 Å². The van der Waals surface area contributed by atoms with Crippen LogP contribution in [0.1, 0.15) is 10.7 Å². The average Bonchev–Trinajstić information content (AvgIpc) is 3.20. The van der Waals surface area contributed by atoms with Gasteiger partial charge in [-0.3, -0.25) is 4.79 Å². The minimum atomic E-state index is -0.492. The number of amides is 1. The molecule has 2 aromatic carbocycles. The van der Waals surface area contributed by atoms with Gasteiger partial charge in [0.1, 0.15) is 5.82 Å². The third-order valence-electron chi connectivity index (χ3n) is 4.70. The summed E-state index contributed by atoms with van der Waals surface area (Å²) in [6.45, 7) is 4.03. The van der Waals surface area contributed by atoms with Gasteiger partial charge in [-0.05, 0) is 55.6 Å². The predicted molar refractivity (Wildman–Crippen MR) is 104 cm³/mol. The van der Waals surface area contributed by atoms with Crippen molar-refractivity contribution >= 4 is 17.3 Å². The number of hydrogen-bond acceptors (Lipinski definition) is 6. The third kappa shape index (κ3) is 4.01. The number of rotatable bonds is 4. The first-order valence-electron chi connectivity index (χ1n) is 9.03. The molecule has 1 aromatic heterocycles. The van der Waals surface area contributed by atoms with Crippen LogP contribution in [-0.4, -0.2) is 54.2 Å². The lowest BCUT2D eigenvalue weighted by atomic mass is 10.2. The average molecular weight is 381 g/mol. The van der Waals surface area contributed by atoms with E-state index in [4.69, 9.17) is 4.42 Å². The Balaban J connectivity index is 1.40. The van der Waals surface area contributed by atoms with Crippen molar-refractivity contribution in [3.63, 3.8) is 0 Å². The molecule has 0 bridgehead atoms. The van der Waals surface area contributed by atoms with Crippen molar-refractivity contribution in [2.24, 2.45) is 0 Å². The smallest absolute Gasteiger partial charge is 0.313 e. The molecule has 2 heterocycles. The van der Waals surface area contributed by atoms with E-state index >= 15 is 0 Å². The van der Waals surface area contributed by atoms with Gasteiger partial charge in [0.15, 0.2) is 0 Å². The van der Waals surface area contributed by atoms with E-state index in [9.17, 15) is 9.18 Å². The normalized spacial score (nSPS) is 14.9. The fraction of sp³-hybridized carbons (Fsp3) is 0.250. The number of aromatic nitrogens is 2. The van der Waals surface area contributed by atoms with Gasteiger partial charge in [0.25, 0.3) is 0 Å². The Morgan fingerprint density at radius 1 is 1.00 bits per heavy atom. The van der Waals surface area contributed by atoms with Crippen LogP contribution in [0.2, 0.25) is 0 Å². The van der Waals surface area contributed by atoms with E-state index in [1.807, 2.05) is 24.3 Å². The fourth-order valence-electron chi connectivity index (χ4n) is 3.03. The van der Waals surface area contributed by atoms with Crippen molar-refractivity contribution in [1.82, 2.24) is 15.1 Å². The maximum absolute atomic E-state index is 13.0. The Kier molecular flexibility index (Phi) is 5.03. The van der Waals surface area contributed by atoms with Crippen LogP contribution >= 0.6 is 0 Å². The van der Waals surface area contributed by atoms with E-state index in [0.717, 1.165) is 31.9 Å². The first kappa shape index (κ1) is 18.1. The van der Waals surface area contributed by atoms with E-state index in [1.54, 1.807) is 0 Å². The van der Waals surface area contributed by atoms with Gasteiger partial charge in [-0.25, -0.2) is 4.39 Å². The second-order valence-corrected chi connectivity index (χ2v) is 6.71. The van der Waals surface area contributed by atoms with Gasteiger partial charge in [0, 0.05) is 43.1 Å². The molecule has 0 aliphatic carbocycles. The van der Waals surface area contributed by atoms with Gasteiger partial charge in [-0.15, -0.1) is 10.2 Å². The molecular weight excluding hydrogens is 361 g/mol. The number of carbonyl (C=O) groups is 1. The molecule has 1 fully saturated rings. The van der Waals surface area contributed by atoms with E-state index in [1.165, 1.54) is 24.3 Å². The van der Waals surface area contributed by atoms with E-state index in [-0.39, 0.29) is 17.6 Å². The summed E-state index contributed by atoms with van der Waals surface area (Å²) in [7, 11) is 2.12. The minimum absolute atomic E-state index is 0.150. The van der Waals surface area contributed by atoms with Crippen LogP contribution in [0.25, 0.3) is 11.5 Å². The van der Waals surface area contributed by atoms with Crippen molar-refractivity contribution in [3.05, 3.63) is 60.2 Å². The SMILES string of the molecule is CN1CCN(c2ccc(NC(=O)c3nnc(-c4ccc(F)cc4)o3)cc2)CC1. The molecule has 144 valence electrons. The van der Waals surface area contributed by atoms with Crippen LogP contribution in [0.15, 0.2) is 52.9 Å². The van der Waals surface area contributed by atoms with Gasteiger partial charge in [-0.1, -0.05) is 0 Å². The summed E-state index contributed by atoms with van der Waals surface area (Å²) >= 11 is 0. The molecule has 1 amide bonds. The van der Waals surface area contributed by atoms with Gasteiger partial charge in [0.05, 0.1) is 0 Å². The number of anilines is 2. The number of benzene rings is 2. The summed E-state index contributed by atoms with van der Waals surface area (Å²) in [4.78, 5) is 17.0. The highest BCUT2D eigenvalue weighted by Crippen LogP contribution is 2.21. The molecule has 0 saturated carbocycles. The van der Waals surface area contributed by atoms with E-state index < -0.39 is 5.91 Å². The number of halogens is 1. The molecule has 0 spiro atoms. The van der Waals surface area contributed by atoms with Crippen LogP contribution in [0.4, 0.5) is 15.8 Å². The number of hydrogen-bond donors (Lipinski definition) is 1. The Bertz CT molecular complexity index is 947. The molecule has 1 aliphatic heterocycles. The molecule has 0 unspecified atom stereocenters. The maximum Gasteiger partial charge on any atom is 0.313 e. The molecule has 7 nitrogen and oxygen atoms in total. The Hall–Kier alpha value is -3.26. The second-order valence-electron chi connectivity index (χ2n) is 6.71. The number of likely N-dealkylation sites (N-methyl/N-ethyl adjacent to an activating group) is 1. The summed E-state index contributed by atoms with van der Waals surface area (Å²) < 4.78 is 18.4. The summed E-state index contributed by atoms with van der Waals surface area (Å²) in [5.74, 6) is -0.840. The molecule has 3 aromatic rings. The molecular formula is C20H20FN5O2. The summed E-state index contributed by atoms with van der Waals surface area (Å²) in [5.41, 5.74) is 2.32. The Morgan fingerprint density at radius 2 is 1.68 bits per heavy atom. The number of piperazine rings is 1. The zero-order valence-electron chi connectivity index (χ0n) is 15.4. The largest absolute Gasteiger partial charge is 0.412 e. The third-order valence-corrected chi connectivity index (χ3v) is 4.70. The van der Waals surface area contributed by atoms with Crippen molar-refractivity contribution in [2.45, 2.75) is 0 Å². The van der Waals surface area contributed by atoms with Gasteiger partial charge >= 0.3 is 11.8 Å². The van der Waals surface area contributed by atoms with Gasteiger partial charge < -0.3 is 19.5 Å². The molecule has 4 rings (SSSR count). The maximum atomic E-state index is 13.0. The Morgan fingerprint density at radius 3 is 2.36 bits per heavy atom. The number of nitrogens with one attached hydrogen (secondary N) is 1. The van der Waals surface area contributed by atoms with Gasteiger partial charge in [0.2, 0.25) is 5.89 Å². The highest BCUT2D eigenvalue weighted by Gasteiger charge is 2.17. The van der Waals surface area contributed by atoms with E-state index in [0.29, 0.717) is 11.3 Å². The van der Waals surface area contributed by atoms with Crippen molar-refractivity contribution in [2.75, 3.05) is 43.4 Å². The molecule has 1 aliphatic rings. The van der Waals surface area contributed by atoms with Crippen LogP contribution < -0.4 is 10.2 Å². The highest BCUT2D eigenvalue weighted by atomic mass is 19.1. The van der Waals surface area contributed by atoms with Crippen LogP contribution in [0, 0.1) is 5.82 Å². The first-order valence-corrected chi connectivity index (χ1v) is 9.03.